The van der Waals surface area contributed by atoms with E-state index in [9.17, 15) is 8.42 Å². The Morgan fingerprint density at radius 3 is 2.24 bits per heavy atom. The van der Waals surface area contributed by atoms with Crippen LogP contribution in [0.4, 0.5) is 0 Å². The van der Waals surface area contributed by atoms with Crippen molar-refractivity contribution < 1.29 is 22.1 Å². The topological polar surface area (TPSA) is 61.8 Å². The van der Waals surface area contributed by atoms with Crippen molar-refractivity contribution in [3.05, 3.63) is 59.6 Å². The molecule has 0 amide bonds. The maximum absolute atomic E-state index is 12.8. The highest BCUT2D eigenvalue weighted by atomic mass is 35.5. The van der Waals surface area contributed by atoms with Crippen molar-refractivity contribution in [3.8, 4) is 17.2 Å². The van der Waals surface area contributed by atoms with E-state index in [0.29, 0.717) is 5.39 Å². The second-order valence-corrected chi connectivity index (χ2v) is 7.07. The van der Waals surface area contributed by atoms with Gasteiger partial charge >= 0.3 is 10.1 Å². The molecule has 0 heterocycles. The first-order chi connectivity index (χ1) is 12.0. The number of hydrogen-bond donors (Lipinski definition) is 0. The van der Waals surface area contributed by atoms with Crippen LogP contribution in [-0.2, 0) is 10.1 Å². The summed E-state index contributed by atoms with van der Waals surface area (Å²) in [4.78, 5) is -0.163. The highest BCUT2D eigenvalue weighted by Crippen LogP contribution is 2.37. The third kappa shape index (κ3) is 3.36. The molecule has 7 heteroatoms. The van der Waals surface area contributed by atoms with Crippen molar-refractivity contribution in [1.29, 1.82) is 0 Å². The zero-order valence-corrected chi connectivity index (χ0v) is 15.1. The highest BCUT2D eigenvalue weighted by molar-refractivity contribution is 7.87. The fourth-order valence-electron chi connectivity index (χ4n) is 2.46. The molecule has 0 aliphatic rings. The van der Waals surface area contributed by atoms with Gasteiger partial charge in [0.2, 0.25) is 0 Å². The lowest BCUT2D eigenvalue weighted by Crippen LogP contribution is -2.12. The number of benzene rings is 3. The average Bonchev–Trinajstić information content (AvgIpc) is 2.61. The Bertz CT molecular complexity index is 1030. The Morgan fingerprint density at radius 1 is 0.840 bits per heavy atom. The lowest BCUT2D eigenvalue weighted by atomic mass is 10.1. The van der Waals surface area contributed by atoms with Crippen molar-refractivity contribution in [2.24, 2.45) is 0 Å². The normalized spacial score (nSPS) is 11.3. The van der Waals surface area contributed by atoms with Crippen LogP contribution in [0.1, 0.15) is 0 Å². The van der Waals surface area contributed by atoms with Gasteiger partial charge in [0.25, 0.3) is 0 Å². The fraction of sp³-hybridized carbons (Fsp3) is 0.111. The number of fused-ring (bicyclic) bond motifs is 1. The number of hydrogen-bond acceptors (Lipinski definition) is 5. The average molecular weight is 379 g/mol. The van der Waals surface area contributed by atoms with Gasteiger partial charge < -0.3 is 13.7 Å². The Kier molecular flexibility index (Phi) is 4.74. The molecule has 0 bridgehead atoms. The van der Waals surface area contributed by atoms with Crippen LogP contribution in [0.15, 0.2) is 59.5 Å². The summed E-state index contributed by atoms with van der Waals surface area (Å²) < 4.78 is 41.2. The molecule has 130 valence electrons. The molecule has 5 nitrogen and oxygen atoms in total. The quantitative estimate of drug-likeness (QED) is 0.620. The molecule has 0 fully saturated rings. The van der Waals surface area contributed by atoms with Gasteiger partial charge in [0.05, 0.1) is 19.2 Å². The maximum atomic E-state index is 12.8. The lowest BCUT2D eigenvalue weighted by Gasteiger charge is -2.14. The van der Waals surface area contributed by atoms with Crippen molar-refractivity contribution in [1.82, 2.24) is 0 Å². The molecular weight excluding hydrogens is 364 g/mol. The first kappa shape index (κ1) is 17.4. The zero-order valence-electron chi connectivity index (χ0n) is 13.5. The molecule has 0 radical (unpaired) electrons. The molecule has 0 aliphatic carbocycles. The second-order valence-electron chi connectivity index (χ2n) is 5.15. The molecule has 0 N–H and O–H groups in total. The summed E-state index contributed by atoms with van der Waals surface area (Å²) in [6, 6.07) is 15.2. The Hall–Kier alpha value is -2.44. The lowest BCUT2D eigenvalue weighted by molar-refractivity contribution is 0.388. The van der Waals surface area contributed by atoms with Crippen molar-refractivity contribution in [2.45, 2.75) is 4.90 Å². The van der Waals surface area contributed by atoms with Gasteiger partial charge in [-0.15, -0.1) is 0 Å². The second kappa shape index (κ2) is 6.82. The third-order valence-corrected chi connectivity index (χ3v) is 5.21. The SMILES string of the molecule is COc1cc(S(=O)(=O)Oc2cccc3ccccc23)c(OC)cc1Cl. The molecule has 3 rings (SSSR count). The predicted octanol–water partition coefficient (Wildman–Crippen LogP) is 4.28. The number of rotatable bonds is 5. The zero-order chi connectivity index (χ0) is 18.0. The molecule has 0 unspecified atom stereocenters. The molecule has 0 saturated carbocycles. The van der Waals surface area contributed by atoms with Crippen LogP contribution in [0, 0.1) is 0 Å². The van der Waals surface area contributed by atoms with Crippen LogP contribution in [0.3, 0.4) is 0 Å². The van der Waals surface area contributed by atoms with E-state index in [1.807, 2.05) is 24.3 Å². The summed E-state index contributed by atoms with van der Waals surface area (Å²) in [5.41, 5.74) is 0. The van der Waals surface area contributed by atoms with E-state index >= 15 is 0 Å². The summed E-state index contributed by atoms with van der Waals surface area (Å²) in [5, 5.41) is 1.80. The summed E-state index contributed by atoms with van der Waals surface area (Å²) in [5.74, 6) is 0.516. The van der Waals surface area contributed by atoms with Crippen molar-refractivity contribution in [3.63, 3.8) is 0 Å². The van der Waals surface area contributed by atoms with Crippen LogP contribution in [0.2, 0.25) is 5.02 Å². The minimum atomic E-state index is -4.16. The maximum Gasteiger partial charge on any atom is 0.343 e. The number of methoxy groups -OCH3 is 2. The summed E-state index contributed by atoms with van der Waals surface area (Å²) in [6.07, 6.45) is 0. The molecular formula is C18H15ClO5S. The van der Waals surface area contributed by atoms with Crippen LogP contribution < -0.4 is 13.7 Å². The van der Waals surface area contributed by atoms with Crippen LogP contribution in [0.25, 0.3) is 10.8 Å². The number of halogens is 1. The highest BCUT2D eigenvalue weighted by Gasteiger charge is 2.25. The van der Waals surface area contributed by atoms with Crippen molar-refractivity contribution in [2.75, 3.05) is 14.2 Å². The van der Waals surface area contributed by atoms with E-state index in [2.05, 4.69) is 0 Å². The molecule has 3 aromatic rings. The summed E-state index contributed by atoms with van der Waals surface area (Å²) in [6.45, 7) is 0. The number of ether oxygens (including phenoxy) is 2. The summed E-state index contributed by atoms with van der Waals surface area (Å²) in [7, 11) is -1.41. The summed E-state index contributed by atoms with van der Waals surface area (Å²) >= 11 is 6.03. The smallest absolute Gasteiger partial charge is 0.343 e. The van der Waals surface area contributed by atoms with Crippen LogP contribution in [0.5, 0.6) is 17.2 Å². The van der Waals surface area contributed by atoms with E-state index in [1.54, 1.807) is 18.2 Å². The van der Waals surface area contributed by atoms with E-state index in [4.69, 9.17) is 25.3 Å². The van der Waals surface area contributed by atoms with Gasteiger partial charge in [0.15, 0.2) is 10.6 Å². The molecule has 0 aliphatic heterocycles. The van der Waals surface area contributed by atoms with Gasteiger partial charge in [0.1, 0.15) is 11.5 Å². The first-order valence-corrected chi connectivity index (χ1v) is 9.08. The van der Waals surface area contributed by atoms with E-state index in [1.165, 1.54) is 26.4 Å². The van der Waals surface area contributed by atoms with Gasteiger partial charge in [-0.1, -0.05) is 48.0 Å². The molecule has 0 atom stereocenters. The van der Waals surface area contributed by atoms with Crippen molar-refractivity contribution >= 4 is 32.5 Å². The van der Waals surface area contributed by atoms with Crippen LogP contribution in [-0.4, -0.2) is 22.6 Å². The van der Waals surface area contributed by atoms with E-state index in [0.717, 1.165) is 5.39 Å². The van der Waals surface area contributed by atoms with Gasteiger partial charge in [0, 0.05) is 17.5 Å². The Balaban J connectivity index is 2.11. The van der Waals surface area contributed by atoms with Gasteiger partial charge in [-0.2, -0.15) is 8.42 Å². The predicted molar refractivity (Wildman–Crippen MR) is 96.3 cm³/mol. The minimum absolute atomic E-state index is 0.0750. The molecule has 0 aromatic heterocycles. The third-order valence-electron chi connectivity index (χ3n) is 3.66. The van der Waals surface area contributed by atoms with Gasteiger partial charge in [-0.25, -0.2) is 0 Å². The largest absolute Gasteiger partial charge is 0.495 e. The minimum Gasteiger partial charge on any atom is -0.495 e. The molecule has 3 aromatic carbocycles. The standard InChI is InChI=1S/C18H15ClO5S/c1-22-16-11-18(17(23-2)10-14(16)19)25(20,21)24-15-9-5-7-12-6-3-4-8-13(12)15/h3-11H,1-2H3. The molecule has 0 spiro atoms. The Labute approximate surface area is 150 Å². The van der Waals surface area contributed by atoms with Crippen LogP contribution >= 0.6 is 11.6 Å². The Morgan fingerprint density at radius 2 is 1.52 bits per heavy atom. The van der Waals surface area contributed by atoms with E-state index < -0.39 is 10.1 Å². The van der Waals surface area contributed by atoms with Gasteiger partial charge in [-0.05, 0) is 11.5 Å². The fourth-order valence-corrected chi connectivity index (χ4v) is 3.80. The molecule has 25 heavy (non-hydrogen) atoms. The van der Waals surface area contributed by atoms with E-state index in [-0.39, 0.29) is 27.2 Å². The first-order valence-electron chi connectivity index (χ1n) is 7.30. The monoisotopic (exact) mass is 378 g/mol. The molecule has 0 saturated heterocycles. The van der Waals surface area contributed by atoms with Gasteiger partial charge in [-0.3, -0.25) is 0 Å².